The lowest BCUT2D eigenvalue weighted by Gasteiger charge is -2.07. The Morgan fingerprint density at radius 2 is 1.95 bits per heavy atom. The molecule has 0 aliphatic heterocycles. The number of pyridine rings is 1. The summed E-state index contributed by atoms with van der Waals surface area (Å²) in [6.45, 7) is 0. The summed E-state index contributed by atoms with van der Waals surface area (Å²) in [7, 11) is 0. The molecule has 0 fully saturated rings. The monoisotopic (exact) mass is 307 g/mol. The smallest absolute Gasteiger partial charge is 0.345 e. The average molecular weight is 308 g/mol. The molecule has 1 aliphatic carbocycles. The SMILES string of the molecule is O=C(Oc1ccc2c(c1)CCC2)c1cnc(Cl)c(Cl)c1. The van der Waals surface area contributed by atoms with E-state index in [1.807, 2.05) is 18.2 Å². The van der Waals surface area contributed by atoms with E-state index in [1.54, 1.807) is 0 Å². The summed E-state index contributed by atoms with van der Waals surface area (Å²) in [6.07, 6.45) is 4.64. The van der Waals surface area contributed by atoms with Gasteiger partial charge in [-0.15, -0.1) is 0 Å². The van der Waals surface area contributed by atoms with Gasteiger partial charge in [-0.05, 0) is 48.6 Å². The molecule has 0 saturated heterocycles. The van der Waals surface area contributed by atoms with E-state index in [4.69, 9.17) is 27.9 Å². The first-order chi connectivity index (χ1) is 9.63. The molecule has 0 amide bonds. The van der Waals surface area contributed by atoms with E-state index in [9.17, 15) is 4.79 Å². The first kappa shape index (κ1) is 13.4. The van der Waals surface area contributed by atoms with Crippen LogP contribution in [0.5, 0.6) is 5.75 Å². The van der Waals surface area contributed by atoms with Crippen molar-refractivity contribution in [2.45, 2.75) is 19.3 Å². The zero-order chi connectivity index (χ0) is 14.1. The van der Waals surface area contributed by atoms with E-state index >= 15 is 0 Å². The van der Waals surface area contributed by atoms with Gasteiger partial charge in [0.1, 0.15) is 10.9 Å². The molecule has 1 aromatic carbocycles. The van der Waals surface area contributed by atoms with Crippen LogP contribution >= 0.6 is 23.2 Å². The maximum absolute atomic E-state index is 12.0. The van der Waals surface area contributed by atoms with Crippen molar-refractivity contribution in [3.05, 3.63) is 57.3 Å². The van der Waals surface area contributed by atoms with Crippen LogP contribution in [0.4, 0.5) is 0 Å². The number of hydrogen-bond acceptors (Lipinski definition) is 3. The van der Waals surface area contributed by atoms with Crippen molar-refractivity contribution in [2.75, 3.05) is 0 Å². The minimum Gasteiger partial charge on any atom is -0.423 e. The Kier molecular flexibility index (Phi) is 3.64. The van der Waals surface area contributed by atoms with E-state index in [2.05, 4.69) is 4.98 Å². The molecule has 20 heavy (non-hydrogen) atoms. The fourth-order valence-corrected chi connectivity index (χ4v) is 2.58. The lowest BCUT2D eigenvalue weighted by molar-refractivity contribution is 0.0734. The summed E-state index contributed by atoms with van der Waals surface area (Å²) in [4.78, 5) is 15.8. The highest BCUT2D eigenvalue weighted by Gasteiger charge is 2.15. The Balaban J connectivity index is 1.80. The highest BCUT2D eigenvalue weighted by molar-refractivity contribution is 6.41. The molecule has 0 saturated carbocycles. The second-order valence-electron chi connectivity index (χ2n) is 4.67. The van der Waals surface area contributed by atoms with Gasteiger partial charge in [0.2, 0.25) is 0 Å². The standard InChI is InChI=1S/C15H11Cl2NO2/c16-13-7-11(8-18-14(13)17)15(19)20-12-5-4-9-2-1-3-10(9)6-12/h4-8H,1-3H2. The quantitative estimate of drug-likeness (QED) is 0.476. The summed E-state index contributed by atoms with van der Waals surface area (Å²) in [5.41, 5.74) is 2.86. The Morgan fingerprint density at radius 1 is 1.15 bits per heavy atom. The third-order valence-corrected chi connectivity index (χ3v) is 4.00. The lowest BCUT2D eigenvalue weighted by atomic mass is 10.1. The van der Waals surface area contributed by atoms with Crippen LogP contribution < -0.4 is 4.74 Å². The van der Waals surface area contributed by atoms with Crippen molar-refractivity contribution < 1.29 is 9.53 Å². The van der Waals surface area contributed by atoms with Gasteiger partial charge in [-0.3, -0.25) is 0 Å². The Bertz CT molecular complexity index is 686. The van der Waals surface area contributed by atoms with Gasteiger partial charge in [0.15, 0.2) is 0 Å². The molecule has 1 aromatic heterocycles. The molecular weight excluding hydrogens is 297 g/mol. The predicted molar refractivity (Wildman–Crippen MR) is 77.7 cm³/mol. The molecule has 0 radical (unpaired) electrons. The first-order valence-electron chi connectivity index (χ1n) is 6.28. The van der Waals surface area contributed by atoms with Gasteiger partial charge in [0, 0.05) is 6.20 Å². The van der Waals surface area contributed by atoms with Crippen molar-refractivity contribution in [2.24, 2.45) is 0 Å². The number of fused-ring (bicyclic) bond motifs is 1. The molecule has 0 unspecified atom stereocenters. The third-order valence-electron chi connectivity index (χ3n) is 3.31. The second kappa shape index (κ2) is 5.43. The molecule has 0 spiro atoms. The van der Waals surface area contributed by atoms with Crippen LogP contribution in [-0.4, -0.2) is 11.0 Å². The van der Waals surface area contributed by atoms with E-state index in [0.717, 1.165) is 19.3 Å². The topological polar surface area (TPSA) is 39.2 Å². The number of aryl methyl sites for hydroxylation is 2. The number of carbonyl (C=O) groups excluding carboxylic acids is 1. The van der Waals surface area contributed by atoms with E-state index < -0.39 is 5.97 Å². The Labute approximate surface area is 126 Å². The number of benzene rings is 1. The Hall–Kier alpha value is -1.58. The van der Waals surface area contributed by atoms with Crippen LogP contribution in [0.25, 0.3) is 0 Å². The summed E-state index contributed by atoms with van der Waals surface area (Å²) >= 11 is 11.5. The van der Waals surface area contributed by atoms with Crippen molar-refractivity contribution in [3.8, 4) is 5.75 Å². The number of carbonyl (C=O) groups is 1. The van der Waals surface area contributed by atoms with Crippen LogP contribution in [0.15, 0.2) is 30.5 Å². The van der Waals surface area contributed by atoms with Gasteiger partial charge >= 0.3 is 5.97 Å². The molecule has 0 atom stereocenters. The van der Waals surface area contributed by atoms with Gasteiger partial charge in [-0.1, -0.05) is 29.3 Å². The molecule has 5 heteroatoms. The molecule has 102 valence electrons. The molecule has 2 aromatic rings. The molecule has 1 aliphatic rings. The minimum absolute atomic E-state index is 0.167. The highest BCUT2D eigenvalue weighted by atomic mass is 35.5. The number of ether oxygens (including phenoxy) is 1. The van der Waals surface area contributed by atoms with E-state index in [0.29, 0.717) is 5.75 Å². The number of hydrogen-bond donors (Lipinski definition) is 0. The number of nitrogens with zero attached hydrogens (tertiary/aromatic N) is 1. The fourth-order valence-electron chi connectivity index (χ4n) is 2.31. The zero-order valence-corrected chi connectivity index (χ0v) is 12.0. The summed E-state index contributed by atoms with van der Waals surface area (Å²) in [5.74, 6) is 0.0516. The average Bonchev–Trinajstić information content (AvgIpc) is 2.89. The van der Waals surface area contributed by atoms with Crippen LogP contribution in [0.2, 0.25) is 10.2 Å². The minimum atomic E-state index is -0.492. The van der Waals surface area contributed by atoms with Gasteiger partial charge < -0.3 is 4.74 Å². The van der Waals surface area contributed by atoms with Gasteiger partial charge in [-0.2, -0.15) is 0 Å². The highest BCUT2D eigenvalue weighted by Crippen LogP contribution is 2.27. The summed E-state index contributed by atoms with van der Waals surface area (Å²) in [5, 5.41) is 0.399. The normalized spacial score (nSPS) is 13.1. The maximum Gasteiger partial charge on any atom is 0.345 e. The van der Waals surface area contributed by atoms with Crippen LogP contribution in [0.1, 0.15) is 27.9 Å². The third kappa shape index (κ3) is 2.65. The summed E-state index contributed by atoms with van der Waals surface area (Å²) in [6, 6.07) is 7.20. The predicted octanol–water partition coefficient (Wildman–Crippen LogP) is 4.10. The fraction of sp³-hybridized carbons (Fsp3) is 0.200. The molecule has 3 nitrogen and oxygen atoms in total. The molecular formula is C15H11Cl2NO2. The van der Waals surface area contributed by atoms with Gasteiger partial charge in [0.25, 0.3) is 0 Å². The van der Waals surface area contributed by atoms with E-state index in [1.165, 1.54) is 23.4 Å². The molecule has 3 rings (SSSR count). The number of halogens is 2. The second-order valence-corrected chi connectivity index (χ2v) is 5.44. The first-order valence-corrected chi connectivity index (χ1v) is 7.04. The lowest BCUT2D eigenvalue weighted by Crippen LogP contribution is -2.09. The largest absolute Gasteiger partial charge is 0.423 e. The van der Waals surface area contributed by atoms with Gasteiger partial charge in [0.05, 0.1) is 10.6 Å². The van der Waals surface area contributed by atoms with Crippen molar-refractivity contribution in [1.82, 2.24) is 4.98 Å². The van der Waals surface area contributed by atoms with Crippen LogP contribution in [-0.2, 0) is 12.8 Å². The van der Waals surface area contributed by atoms with Crippen molar-refractivity contribution >= 4 is 29.2 Å². The van der Waals surface area contributed by atoms with E-state index in [-0.39, 0.29) is 15.7 Å². The summed E-state index contributed by atoms with van der Waals surface area (Å²) < 4.78 is 5.34. The van der Waals surface area contributed by atoms with Crippen molar-refractivity contribution in [1.29, 1.82) is 0 Å². The van der Waals surface area contributed by atoms with Crippen LogP contribution in [0.3, 0.4) is 0 Å². The molecule has 0 bridgehead atoms. The zero-order valence-electron chi connectivity index (χ0n) is 10.5. The number of esters is 1. The number of aromatic nitrogens is 1. The van der Waals surface area contributed by atoms with Crippen molar-refractivity contribution in [3.63, 3.8) is 0 Å². The number of rotatable bonds is 2. The molecule has 1 heterocycles. The van der Waals surface area contributed by atoms with Crippen LogP contribution in [0, 0.1) is 0 Å². The van der Waals surface area contributed by atoms with Gasteiger partial charge in [-0.25, -0.2) is 9.78 Å². The Morgan fingerprint density at radius 3 is 2.75 bits per heavy atom. The molecule has 0 N–H and O–H groups in total. The maximum atomic E-state index is 12.0.